The fourth-order valence-electron chi connectivity index (χ4n) is 3.14. The van der Waals surface area contributed by atoms with Crippen LogP contribution < -0.4 is 5.32 Å². The molecular weight excluding hydrogens is 300 g/mol. The molecule has 2 aromatic carbocycles. The predicted octanol–water partition coefficient (Wildman–Crippen LogP) is 3.02. The summed E-state index contributed by atoms with van der Waals surface area (Å²) in [6.07, 6.45) is -0.287. The maximum absolute atomic E-state index is 13.0. The van der Waals surface area contributed by atoms with Gasteiger partial charge in [0.1, 0.15) is 6.17 Å². The molecule has 1 aliphatic heterocycles. The molecule has 0 spiro atoms. The summed E-state index contributed by atoms with van der Waals surface area (Å²) in [5.74, 6) is -0.264. The minimum absolute atomic E-state index is 0.0167. The van der Waals surface area contributed by atoms with Crippen LogP contribution >= 0.6 is 0 Å². The number of benzene rings is 2. The van der Waals surface area contributed by atoms with Crippen LogP contribution in [0.2, 0.25) is 0 Å². The Morgan fingerprint density at radius 1 is 1.04 bits per heavy atom. The van der Waals surface area contributed by atoms with Gasteiger partial charge >= 0.3 is 0 Å². The van der Waals surface area contributed by atoms with E-state index in [1.165, 1.54) is 0 Å². The minimum Gasteiger partial charge on any atom is -0.335 e. The van der Waals surface area contributed by atoms with Crippen LogP contribution in [0.1, 0.15) is 35.7 Å². The van der Waals surface area contributed by atoms with Gasteiger partial charge in [0.15, 0.2) is 0 Å². The lowest BCUT2D eigenvalue weighted by molar-refractivity contribution is -0.128. The second-order valence-corrected chi connectivity index (χ2v) is 6.48. The van der Waals surface area contributed by atoms with Gasteiger partial charge in [-0.2, -0.15) is 0 Å². The van der Waals surface area contributed by atoms with Gasteiger partial charge in [0.25, 0.3) is 5.91 Å². The van der Waals surface area contributed by atoms with Gasteiger partial charge in [0.05, 0.1) is 5.92 Å². The van der Waals surface area contributed by atoms with Crippen LogP contribution in [-0.2, 0) is 4.79 Å². The zero-order valence-corrected chi connectivity index (χ0v) is 14.0. The van der Waals surface area contributed by atoms with Crippen molar-refractivity contribution < 1.29 is 9.59 Å². The minimum atomic E-state index is -0.339. The topological polar surface area (TPSA) is 49.4 Å². The Morgan fingerprint density at radius 3 is 2.21 bits per heavy atom. The zero-order valence-electron chi connectivity index (χ0n) is 14.0. The van der Waals surface area contributed by atoms with Crippen molar-refractivity contribution in [2.45, 2.75) is 25.9 Å². The summed E-state index contributed by atoms with van der Waals surface area (Å²) in [5, 5.41) is 3.03. The van der Waals surface area contributed by atoms with Crippen molar-refractivity contribution in [3.05, 3.63) is 71.8 Å². The number of hydrogen-bond acceptors (Lipinski definition) is 2. The second kappa shape index (κ2) is 6.87. The molecule has 1 aliphatic rings. The SMILES string of the molecule is CC(C)[C@H]1NC(=O)[C@@H](c2ccccc2)CN1C(=O)c1ccccc1. The first-order valence-corrected chi connectivity index (χ1v) is 8.29. The average molecular weight is 322 g/mol. The number of nitrogens with zero attached hydrogens (tertiary/aromatic N) is 1. The number of carbonyl (C=O) groups is 2. The van der Waals surface area contributed by atoms with Crippen LogP contribution in [0.4, 0.5) is 0 Å². The Bertz CT molecular complexity index is 713. The molecule has 0 aromatic heterocycles. The average Bonchev–Trinajstić information content (AvgIpc) is 2.62. The van der Waals surface area contributed by atoms with Crippen molar-refractivity contribution in [2.75, 3.05) is 6.54 Å². The van der Waals surface area contributed by atoms with E-state index < -0.39 is 0 Å². The molecule has 0 saturated carbocycles. The highest BCUT2D eigenvalue weighted by Gasteiger charge is 2.38. The van der Waals surface area contributed by atoms with E-state index in [4.69, 9.17) is 0 Å². The molecule has 2 atom stereocenters. The molecule has 124 valence electrons. The molecule has 4 heteroatoms. The van der Waals surface area contributed by atoms with E-state index in [2.05, 4.69) is 5.32 Å². The Labute approximate surface area is 142 Å². The number of carbonyl (C=O) groups excluding carboxylic acids is 2. The summed E-state index contributed by atoms with van der Waals surface area (Å²) in [6, 6.07) is 18.9. The first-order valence-electron chi connectivity index (χ1n) is 8.29. The van der Waals surface area contributed by atoms with Gasteiger partial charge in [-0.3, -0.25) is 9.59 Å². The quantitative estimate of drug-likeness (QED) is 0.944. The highest BCUT2D eigenvalue weighted by Crippen LogP contribution is 2.26. The maximum Gasteiger partial charge on any atom is 0.255 e. The number of amides is 2. The number of nitrogens with one attached hydrogen (secondary N) is 1. The smallest absolute Gasteiger partial charge is 0.255 e. The van der Waals surface area contributed by atoms with Crippen molar-refractivity contribution in [1.29, 1.82) is 0 Å². The Hall–Kier alpha value is -2.62. The summed E-state index contributed by atoms with van der Waals surface area (Å²) < 4.78 is 0. The van der Waals surface area contributed by atoms with Gasteiger partial charge < -0.3 is 10.2 Å². The first kappa shape index (κ1) is 16.2. The maximum atomic E-state index is 13.0. The molecule has 1 fully saturated rings. The van der Waals surface area contributed by atoms with Gasteiger partial charge in [-0.05, 0) is 23.6 Å². The molecule has 2 amide bonds. The number of hydrogen-bond donors (Lipinski definition) is 1. The lowest BCUT2D eigenvalue weighted by atomic mass is 9.92. The summed E-state index contributed by atoms with van der Waals surface area (Å²) in [5.41, 5.74) is 1.58. The standard InChI is InChI=1S/C20H22N2O2/c1-14(2)18-21-19(23)17(15-9-5-3-6-10-15)13-22(18)20(24)16-11-7-4-8-12-16/h3-12,14,17-18H,13H2,1-2H3,(H,21,23)/t17-,18+/m1/s1. The molecule has 1 saturated heterocycles. The largest absolute Gasteiger partial charge is 0.335 e. The van der Waals surface area contributed by atoms with Crippen LogP contribution in [0, 0.1) is 5.92 Å². The van der Waals surface area contributed by atoms with E-state index in [1.54, 1.807) is 4.90 Å². The predicted molar refractivity (Wildman–Crippen MR) is 93.4 cm³/mol. The van der Waals surface area contributed by atoms with Crippen molar-refractivity contribution in [1.82, 2.24) is 10.2 Å². The highest BCUT2D eigenvalue weighted by molar-refractivity contribution is 5.96. The monoisotopic (exact) mass is 322 g/mol. The number of rotatable bonds is 3. The van der Waals surface area contributed by atoms with E-state index in [-0.39, 0.29) is 29.8 Å². The molecule has 0 aliphatic carbocycles. The molecule has 0 radical (unpaired) electrons. The second-order valence-electron chi connectivity index (χ2n) is 6.48. The Kier molecular flexibility index (Phi) is 4.65. The van der Waals surface area contributed by atoms with Gasteiger partial charge in [0.2, 0.25) is 5.91 Å². The Balaban J connectivity index is 1.92. The van der Waals surface area contributed by atoms with Crippen LogP contribution in [0.3, 0.4) is 0 Å². The third kappa shape index (κ3) is 3.18. The van der Waals surface area contributed by atoms with Gasteiger partial charge in [-0.25, -0.2) is 0 Å². The highest BCUT2D eigenvalue weighted by atomic mass is 16.2. The molecule has 2 aromatic rings. The summed E-state index contributed by atoms with van der Waals surface area (Å²) in [6.45, 7) is 4.42. The molecule has 0 bridgehead atoms. The van der Waals surface area contributed by atoms with Crippen LogP contribution in [0.25, 0.3) is 0 Å². The molecule has 0 unspecified atom stereocenters. The fourth-order valence-corrected chi connectivity index (χ4v) is 3.14. The van der Waals surface area contributed by atoms with Gasteiger partial charge in [-0.15, -0.1) is 0 Å². The Morgan fingerprint density at radius 2 is 1.62 bits per heavy atom. The van der Waals surface area contributed by atoms with Gasteiger partial charge in [0, 0.05) is 12.1 Å². The van der Waals surface area contributed by atoms with Crippen molar-refractivity contribution in [3.8, 4) is 0 Å². The lowest BCUT2D eigenvalue weighted by Crippen LogP contribution is -2.61. The van der Waals surface area contributed by atoms with Gasteiger partial charge in [-0.1, -0.05) is 62.4 Å². The van der Waals surface area contributed by atoms with E-state index in [1.807, 2.05) is 74.5 Å². The zero-order chi connectivity index (χ0) is 17.1. The van der Waals surface area contributed by atoms with Crippen LogP contribution in [0.5, 0.6) is 0 Å². The van der Waals surface area contributed by atoms with E-state index in [0.29, 0.717) is 12.1 Å². The molecule has 4 nitrogen and oxygen atoms in total. The van der Waals surface area contributed by atoms with Crippen molar-refractivity contribution in [2.24, 2.45) is 5.92 Å². The normalized spacial score (nSPS) is 20.8. The first-order chi connectivity index (χ1) is 11.6. The van der Waals surface area contributed by atoms with E-state index >= 15 is 0 Å². The van der Waals surface area contributed by atoms with Crippen LogP contribution in [-0.4, -0.2) is 29.4 Å². The van der Waals surface area contributed by atoms with Crippen LogP contribution in [0.15, 0.2) is 60.7 Å². The molecule has 3 rings (SSSR count). The van der Waals surface area contributed by atoms with E-state index in [0.717, 1.165) is 5.56 Å². The molecular formula is C20H22N2O2. The summed E-state index contributed by atoms with van der Waals surface area (Å²) in [7, 11) is 0. The summed E-state index contributed by atoms with van der Waals surface area (Å²) >= 11 is 0. The van der Waals surface area contributed by atoms with Crippen molar-refractivity contribution >= 4 is 11.8 Å². The molecule has 1 heterocycles. The third-order valence-corrected chi connectivity index (χ3v) is 4.44. The van der Waals surface area contributed by atoms with E-state index in [9.17, 15) is 9.59 Å². The third-order valence-electron chi connectivity index (χ3n) is 4.44. The lowest BCUT2D eigenvalue weighted by Gasteiger charge is -2.42. The molecule has 24 heavy (non-hydrogen) atoms. The van der Waals surface area contributed by atoms with Crippen molar-refractivity contribution in [3.63, 3.8) is 0 Å². The fraction of sp³-hybridized carbons (Fsp3) is 0.300. The summed E-state index contributed by atoms with van der Waals surface area (Å²) in [4.78, 5) is 27.3. The molecule has 1 N–H and O–H groups in total.